The SMILES string of the molecule is CC.CCc1nc2cccc(C#Cc3cnn(C)c3C)n2c1-c1ccccc1.NC(=O)c1c(N)nn2cccnc12. The average Bonchev–Trinajstić information content (AvgIpc) is 3.65. The van der Waals surface area contributed by atoms with Gasteiger partial charge in [0.25, 0.3) is 5.91 Å². The second-order valence-corrected chi connectivity index (χ2v) is 8.76. The van der Waals surface area contributed by atoms with Gasteiger partial charge in [-0.1, -0.05) is 63.1 Å². The molecule has 10 nitrogen and oxygen atoms in total. The lowest BCUT2D eigenvalue weighted by atomic mass is 10.1. The highest BCUT2D eigenvalue weighted by Gasteiger charge is 2.16. The summed E-state index contributed by atoms with van der Waals surface area (Å²) in [6, 6.07) is 18.2. The minimum atomic E-state index is -0.619. The zero-order valence-electron chi connectivity index (χ0n) is 23.8. The number of rotatable bonds is 3. The van der Waals surface area contributed by atoms with Gasteiger partial charge in [0.15, 0.2) is 11.5 Å². The van der Waals surface area contributed by atoms with Crippen molar-refractivity contribution < 1.29 is 4.79 Å². The Morgan fingerprint density at radius 3 is 2.44 bits per heavy atom. The maximum Gasteiger partial charge on any atom is 0.256 e. The van der Waals surface area contributed by atoms with Crippen LogP contribution in [0.15, 0.2) is 73.2 Å². The zero-order chi connectivity index (χ0) is 29.5. The predicted octanol–water partition coefficient (Wildman–Crippen LogP) is 4.44. The van der Waals surface area contributed by atoms with Gasteiger partial charge in [0.05, 0.1) is 34.5 Å². The third-order valence-electron chi connectivity index (χ3n) is 6.33. The fourth-order valence-corrected chi connectivity index (χ4v) is 4.27. The van der Waals surface area contributed by atoms with Crippen molar-refractivity contribution in [3.05, 3.63) is 101 Å². The second-order valence-electron chi connectivity index (χ2n) is 8.76. The lowest BCUT2D eigenvalue weighted by molar-refractivity contribution is 0.100. The van der Waals surface area contributed by atoms with E-state index in [0.29, 0.717) is 5.65 Å². The largest absolute Gasteiger partial charge is 0.381 e. The molecular formula is C31H33N9O. The van der Waals surface area contributed by atoms with Gasteiger partial charge < -0.3 is 11.5 Å². The quantitative estimate of drug-likeness (QED) is 0.315. The molecule has 0 fully saturated rings. The smallest absolute Gasteiger partial charge is 0.256 e. The van der Waals surface area contributed by atoms with E-state index < -0.39 is 5.91 Å². The van der Waals surface area contributed by atoms with E-state index in [-0.39, 0.29) is 11.4 Å². The van der Waals surface area contributed by atoms with Crippen molar-refractivity contribution in [2.24, 2.45) is 12.8 Å². The lowest BCUT2D eigenvalue weighted by Crippen LogP contribution is -2.12. The number of fused-ring (bicyclic) bond motifs is 2. The van der Waals surface area contributed by atoms with E-state index in [1.54, 1.807) is 18.5 Å². The zero-order valence-corrected chi connectivity index (χ0v) is 23.8. The van der Waals surface area contributed by atoms with E-state index in [0.717, 1.165) is 46.0 Å². The summed E-state index contributed by atoms with van der Waals surface area (Å²) in [4.78, 5) is 19.7. The van der Waals surface area contributed by atoms with E-state index in [1.807, 2.05) is 63.0 Å². The van der Waals surface area contributed by atoms with Crippen molar-refractivity contribution in [2.45, 2.75) is 34.1 Å². The summed E-state index contributed by atoms with van der Waals surface area (Å²) in [7, 11) is 1.93. The number of carbonyl (C=O) groups is 1. The topological polar surface area (TPSA) is 134 Å². The Kier molecular flexibility index (Phi) is 8.79. The highest BCUT2D eigenvalue weighted by atomic mass is 16.1. The molecular weight excluding hydrogens is 514 g/mol. The van der Waals surface area contributed by atoms with Gasteiger partial charge in [0, 0.05) is 25.0 Å². The van der Waals surface area contributed by atoms with E-state index in [4.69, 9.17) is 16.5 Å². The van der Waals surface area contributed by atoms with E-state index in [1.165, 1.54) is 4.52 Å². The number of anilines is 1. The monoisotopic (exact) mass is 547 g/mol. The first kappa shape index (κ1) is 28.6. The van der Waals surface area contributed by atoms with Gasteiger partial charge in [-0.2, -0.15) is 5.10 Å². The number of aromatic nitrogens is 7. The van der Waals surface area contributed by atoms with Gasteiger partial charge >= 0.3 is 0 Å². The summed E-state index contributed by atoms with van der Waals surface area (Å²) >= 11 is 0. The highest BCUT2D eigenvalue weighted by molar-refractivity contribution is 6.03. The highest BCUT2D eigenvalue weighted by Crippen LogP contribution is 2.27. The second kappa shape index (κ2) is 12.6. The molecule has 0 aliphatic heterocycles. The van der Waals surface area contributed by atoms with Crippen LogP contribution in [0.4, 0.5) is 5.82 Å². The van der Waals surface area contributed by atoms with Crippen molar-refractivity contribution in [3.63, 3.8) is 0 Å². The molecule has 5 aromatic heterocycles. The third-order valence-corrected chi connectivity index (χ3v) is 6.33. The molecule has 0 unspecified atom stereocenters. The van der Waals surface area contributed by atoms with Crippen molar-refractivity contribution in [2.75, 3.05) is 5.73 Å². The number of nitrogens with zero attached hydrogens (tertiary/aromatic N) is 7. The Morgan fingerprint density at radius 2 is 1.78 bits per heavy atom. The molecule has 5 heterocycles. The number of nitrogens with two attached hydrogens (primary N) is 2. The maximum absolute atomic E-state index is 10.9. The van der Waals surface area contributed by atoms with Crippen LogP contribution in [0.2, 0.25) is 0 Å². The summed E-state index contributed by atoms with van der Waals surface area (Å²) in [6.07, 6.45) is 5.88. The summed E-state index contributed by atoms with van der Waals surface area (Å²) in [5.41, 5.74) is 18.4. The molecule has 6 aromatic rings. The molecule has 1 amide bonds. The third kappa shape index (κ3) is 5.79. The molecule has 10 heteroatoms. The van der Waals surface area contributed by atoms with Crippen molar-refractivity contribution in [1.82, 2.24) is 33.8 Å². The molecule has 208 valence electrons. The molecule has 1 aromatic carbocycles. The Balaban J connectivity index is 0.000000216. The van der Waals surface area contributed by atoms with Gasteiger partial charge in [0.1, 0.15) is 11.2 Å². The van der Waals surface area contributed by atoms with E-state index in [9.17, 15) is 4.79 Å². The first-order chi connectivity index (χ1) is 19.9. The molecule has 41 heavy (non-hydrogen) atoms. The van der Waals surface area contributed by atoms with Gasteiger partial charge in [-0.3, -0.25) is 13.9 Å². The van der Waals surface area contributed by atoms with Crippen LogP contribution in [0.25, 0.3) is 22.6 Å². The lowest BCUT2D eigenvalue weighted by Gasteiger charge is -2.06. The van der Waals surface area contributed by atoms with Crippen molar-refractivity contribution >= 4 is 23.0 Å². The van der Waals surface area contributed by atoms with Gasteiger partial charge in [-0.25, -0.2) is 14.5 Å². The minimum absolute atomic E-state index is 0.103. The molecule has 0 spiro atoms. The fraction of sp³-hybridized carbons (Fsp3) is 0.194. The number of amides is 1. The minimum Gasteiger partial charge on any atom is -0.381 e. The maximum atomic E-state index is 10.9. The summed E-state index contributed by atoms with van der Waals surface area (Å²) in [5, 5.41) is 8.13. The molecule has 6 rings (SSSR count). The first-order valence-electron chi connectivity index (χ1n) is 13.3. The van der Waals surface area contributed by atoms with Gasteiger partial charge in [-0.15, -0.1) is 5.10 Å². The number of hydrogen-bond donors (Lipinski definition) is 2. The van der Waals surface area contributed by atoms with Crippen LogP contribution in [0.3, 0.4) is 0 Å². The van der Waals surface area contributed by atoms with Crippen LogP contribution in [0.1, 0.15) is 53.8 Å². The fourth-order valence-electron chi connectivity index (χ4n) is 4.27. The van der Waals surface area contributed by atoms with Crippen molar-refractivity contribution in [1.29, 1.82) is 0 Å². The Hall–Kier alpha value is -5.43. The number of imidazole rings is 1. The molecule has 0 saturated heterocycles. The molecule has 0 radical (unpaired) electrons. The number of aryl methyl sites for hydroxylation is 2. The summed E-state index contributed by atoms with van der Waals surface area (Å²) in [6.45, 7) is 8.16. The average molecular weight is 548 g/mol. The number of primary amides is 1. The number of pyridine rings is 1. The van der Waals surface area contributed by atoms with Crippen molar-refractivity contribution in [3.8, 4) is 23.1 Å². The molecule has 0 aliphatic rings. The number of nitrogen functional groups attached to an aromatic ring is 1. The van der Waals surface area contributed by atoms with Crippen LogP contribution < -0.4 is 11.5 Å². The van der Waals surface area contributed by atoms with Gasteiger partial charge in [-0.05, 0) is 37.5 Å². The summed E-state index contributed by atoms with van der Waals surface area (Å²) < 4.78 is 5.41. The molecule has 0 atom stereocenters. The van der Waals surface area contributed by atoms with Crippen LogP contribution in [0, 0.1) is 18.8 Å². The molecule has 0 aliphatic carbocycles. The van der Waals surface area contributed by atoms with E-state index >= 15 is 0 Å². The van der Waals surface area contributed by atoms with Gasteiger partial charge in [0.2, 0.25) is 0 Å². The Labute approximate surface area is 238 Å². The Bertz CT molecular complexity index is 1870. The number of hydrogen-bond acceptors (Lipinski definition) is 6. The molecule has 0 saturated carbocycles. The Morgan fingerprint density at radius 1 is 1.02 bits per heavy atom. The van der Waals surface area contributed by atoms with E-state index in [2.05, 4.69) is 62.6 Å². The van der Waals surface area contributed by atoms with Crippen LogP contribution in [-0.2, 0) is 13.5 Å². The van der Waals surface area contributed by atoms with Crippen LogP contribution in [0.5, 0.6) is 0 Å². The first-order valence-corrected chi connectivity index (χ1v) is 13.3. The summed E-state index contributed by atoms with van der Waals surface area (Å²) in [5.74, 6) is 6.08. The normalized spacial score (nSPS) is 10.3. The number of benzene rings is 1. The van der Waals surface area contributed by atoms with Crippen LogP contribution >= 0.6 is 0 Å². The standard InChI is InChI=1S/C22H20N4.C7H7N5O.C2H6/c1-4-20-22(17-9-6-5-7-10-17)26-19(11-8-12-21(26)24-20)14-13-18-15-23-25(3)16(18)2;8-5-4(6(9)13)7-10-2-1-3-12(7)11-5;1-2/h5-12,15H,4H2,1-3H3;1-3H,(H2,8,11)(H2,9,13);1-2H3. The molecule has 4 N–H and O–H groups in total. The van der Waals surface area contributed by atoms with Crippen LogP contribution in [-0.4, -0.2) is 39.7 Å². The molecule has 0 bridgehead atoms. The number of carbonyl (C=O) groups excluding carboxylic acids is 1. The predicted molar refractivity (Wildman–Crippen MR) is 161 cm³/mol.